The summed E-state index contributed by atoms with van der Waals surface area (Å²) in [5.74, 6) is -0.455. The normalized spacial score (nSPS) is 37.6. The molecule has 3 atom stereocenters. The van der Waals surface area contributed by atoms with Gasteiger partial charge in [-0.1, -0.05) is 13.8 Å². The summed E-state index contributed by atoms with van der Waals surface area (Å²) >= 11 is 0. The first-order valence-electron chi connectivity index (χ1n) is 7.05. The van der Waals surface area contributed by atoms with E-state index in [2.05, 4.69) is 11.8 Å². The SMILES string of the molecule is CC1CCC(CN2CCC(C(=O)O)(C(C)C)C2)O1. The quantitative estimate of drug-likeness (QED) is 0.834. The molecule has 0 aromatic carbocycles. The Bertz CT molecular complexity index is 318. The molecule has 2 aliphatic heterocycles. The Morgan fingerprint density at radius 1 is 1.50 bits per heavy atom. The highest BCUT2D eigenvalue weighted by Crippen LogP contribution is 2.38. The third kappa shape index (κ3) is 2.54. The van der Waals surface area contributed by atoms with Crippen molar-refractivity contribution in [2.75, 3.05) is 19.6 Å². The van der Waals surface area contributed by atoms with Gasteiger partial charge in [-0.25, -0.2) is 0 Å². The lowest BCUT2D eigenvalue weighted by Gasteiger charge is -2.29. The Hall–Kier alpha value is -0.610. The monoisotopic (exact) mass is 255 g/mol. The van der Waals surface area contributed by atoms with Crippen LogP contribution in [-0.4, -0.2) is 47.8 Å². The Balaban J connectivity index is 1.93. The largest absolute Gasteiger partial charge is 0.481 e. The van der Waals surface area contributed by atoms with Gasteiger partial charge < -0.3 is 9.84 Å². The van der Waals surface area contributed by atoms with Crippen LogP contribution in [0.15, 0.2) is 0 Å². The lowest BCUT2D eigenvalue weighted by atomic mass is 9.76. The molecule has 0 radical (unpaired) electrons. The second-order valence-electron chi connectivity index (χ2n) is 6.25. The summed E-state index contributed by atoms with van der Waals surface area (Å²) in [6.45, 7) is 8.61. The zero-order valence-electron chi connectivity index (χ0n) is 11.7. The van der Waals surface area contributed by atoms with Crippen LogP contribution < -0.4 is 0 Å². The van der Waals surface area contributed by atoms with E-state index in [1.54, 1.807) is 0 Å². The summed E-state index contributed by atoms with van der Waals surface area (Å²) in [5.41, 5.74) is -0.551. The topological polar surface area (TPSA) is 49.8 Å². The van der Waals surface area contributed by atoms with E-state index in [1.165, 1.54) is 0 Å². The van der Waals surface area contributed by atoms with Crippen LogP contribution in [0, 0.1) is 11.3 Å². The number of ether oxygens (including phenoxy) is 1. The number of hydrogen-bond acceptors (Lipinski definition) is 3. The molecule has 2 heterocycles. The van der Waals surface area contributed by atoms with Gasteiger partial charge in [0.1, 0.15) is 0 Å². The summed E-state index contributed by atoms with van der Waals surface area (Å²) in [6.07, 6.45) is 3.68. The van der Waals surface area contributed by atoms with E-state index in [0.717, 1.165) is 32.4 Å². The van der Waals surface area contributed by atoms with E-state index < -0.39 is 11.4 Å². The number of hydrogen-bond donors (Lipinski definition) is 1. The van der Waals surface area contributed by atoms with Crippen molar-refractivity contribution in [2.45, 2.75) is 52.2 Å². The molecule has 2 rings (SSSR count). The fraction of sp³-hybridized carbons (Fsp3) is 0.929. The van der Waals surface area contributed by atoms with Crippen LogP contribution in [0.1, 0.15) is 40.0 Å². The van der Waals surface area contributed by atoms with Gasteiger partial charge in [-0.15, -0.1) is 0 Å². The molecule has 2 aliphatic rings. The van der Waals surface area contributed by atoms with E-state index in [0.29, 0.717) is 18.8 Å². The van der Waals surface area contributed by atoms with E-state index >= 15 is 0 Å². The number of rotatable bonds is 4. The number of carboxylic acid groups (broad SMARTS) is 1. The second kappa shape index (κ2) is 5.17. The molecule has 104 valence electrons. The summed E-state index contributed by atoms with van der Waals surface area (Å²) < 4.78 is 5.82. The molecule has 0 bridgehead atoms. The standard InChI is InChI=1S/C14H25NO3/c1-10(2)14(13(16)17)6-7-15(9-14)8-12-5-4-11(3)18-12/h10-12H,4-9H2,1-3H3,(H,16,17). The highest BCUT2D eigenvalue weighted by atomic mass is 16.5. The van der Waals surface area contributed by atoms with Crippen molar-refractivity contribution < 1.29 is 14.6 Å². The number of aliphatic carboxylic acids is 1. The van der Waals surface area contributed by atoms with Crippen LogP contribution in [0.3, 0.4) is 0 Å². The minimum atomic E-state index is -0.638. The first kappa shape index (κ1) is 13.8. The van der Waals surface area contributed by atoms with Crippen molar-refractivity contribution in [3.63, 3.8) is 0 Å². The fourth-order valence-electron chi connectivity index (χ4n) is 3.27. The zero-order valence-corrected chi connectivity index (χ0v) is 11.7. The minimum absolute atomic E-state index is 0.184. The summed E-state index contributed by atoms with van der Waals surface area (Å²) in [7, 11) is 0. The van der Waals surface area contributed by atoms with Gasteiger partial charge in [-0.05, 0) is 38.6 Å². The maximum atomic E-state index is 11.5. The van der Waals surface area contributed by atoms with Crippen LogP contribution in [0.25, 0.3) is 0 Å². The molecular formula is C14H25NO3. The molecule has 2 saturated heterocycles. The lowest BCUT2D eigenvalue weighted by molar-refractivity contribution is -0.151. The van der Waals surface area contributed by atoms with E-state index in [1.807, 2.05) is 13.8 Å². The van der Waals surface area contributed by atoms with E-state index in [9.17, 15) is 9.90 Å². The number of carboxylic acids is 1. The highest BCUT2D eigenvalue weighted by Gasteiger charge is 2.47. The third-order valence-corrected chi connectivity index (χ3v) is 4.69. The van der Waals surface area contributed by atoms with Gasteiger partial charge in [-0.3, -0.25) is 9.69 Å². The number of nitrogens with zero attached hydrogens (tertiary/aromatic N) is 1. The van der Waals surface area contributed by atoms with Crippen molar-refractivity contribution in [1.82, 2.24) is 4.90 Å². The van der Waals surface area contributed by atoms with Crippen LogP contribution >= 0.6 is 0 Å². The Morgan fingerprint density at radius 3 is 2.67 bits per heavy atom. The van der Waals surface area contributed by atoms with Crippen molar-refractivity contribution in [1.29, 1.82) is 0 Å². The average molecular weight is 255 g/mol. The van der Waals surface area contributed by atoms with Crippen LogP contribution in [0.5, 0.6) is 0 Å². The van der Waals surface area contributed by atoms with Gasteiger partial charge >= 0.3 is 5.97 Å². The molecule has 4 nitrogen and oxygen atoms in total. The van der Waals surface area contributed by atoms with Gasteiger partial charge in [-0.2, -0.15) is 0 Å². The van der Waals surface area contributed by atoms with Crippen LogP contribution in [0.2, 0.25) is 0 Å². The van der Waals surface area contributed by atoms with Gasteiger partial charge in [0.05, 0.1) is 17.6 Å². The number of carbonyl (C=O) groups is 1. The summed E-state index contributed by atoms with van der Waals surface area (Å²) in [6, 6.07) is 0. The first-order chi connectivity index (χ1) is 8.44. The Morgan fingerprint density at radius 2 is 2.22 bits per heavy atom. The Kier molecular flexibility index (Phi) is 3.97. The van der Waals surface area contributed by atoms with Crippen molar-refractivity contribution in [3.8, 4) is 0 Å². The molecule has 0 aliphatic carbocycles. The smallest absolute Gasteiger partial charge is 0.311 e. The summed E-state index contributed by atoms with van der Waals surface area (Å²) in [4.78, 5) is 13.8. The predicted octanol–water partition coefficient (Wildman–Crippen LogP) is 1.99. The highest BCUT2D eigenvalue weighted by molar-refractivity contribution is 5.75. The van der Waals surface area contributed by atoms with E-state index in [-0.39, 0.29) is 5.92 Å². The maximum absolute atomic E-state index is 11.5. The van der Waals surface area contributed by atoms with Crippen molar-refractivity contribution >= 4 is 5.97 Å². The molecule has 0 amide bonds. The molecule has 18 heavy (non-hydrogen) atoms. The average Bonchev–Trinajstić information content (AvgIpc) is 2.86. The first-order valence-corrected chi connectivity index (χ1v) is 7.05. The third-order valence-electron chi connectivity index (χ3n) is 4.69. The van der Waals surface area contributed by atoms with Gasteiger partial charge in [0.2, 0.25) is 0 Å². The predicted molar refractivity (Wildman–Crippen MR) is 69.5 cm³/mol. The van der Waals surface area contributed by atoms with Gasteiger partial charge in [0, 0.05) is 13.1 Å². The maximum Gasteiger partial charge on any atom is 0.311 e. The van der Waals surface area contributed by atoms with Crippen LogP contribution in [0.4, 0.5) is 0 Å². The van der Waals surface area contributed by atoms with Crippen LogP contribution in [-0.2, 0) is 9.53 Å². The van der Waals surface area contributed by atoms with E-state index in [4.69, 9.17) is 4.74 Å². The molecule has 2 fully saturated rings. The fourth-order valence-corrected chi connectivity index (χ4v) is 3.27. The lowest BCUT2D eigenvalue weighted by Crippen LogP contribution is -2.40. The molecule has 0 saturated carbocycles. The minimum Gasteiger partial charge on any atom is -0.481 e. The molecule has 0 aromatic heterocycles. The van der Waals surface area contributed by atoms with Crippen molar-refractivity contribution in [2.24, 2.45) is 11.3 Å². The molecular weight excluding hydrogens is 230 g/mol. The molecule has 1 N–H and O–H groups in total. The molecule has 0 spiro atoms. The van der Waals surface area contributed by atoms with Crippen molar-refractivity contribution in [3.05, 3.63) is 0 Å². The molecule has 3 unspecified atom stereocenters. The van der Waals surface area contributed by atoms with Gasteiger partial charge in [0.25, 0.3) is 0 Å². The zero-order chi connectivity index (χ0) is 13.3. The Labute approximate surface area is 109 Å². The number of likely N-dealkylation sites (tertiary alicyclic amines) is 1. The summed E-state index contributed by atoms with van der Waals surface area (Å²) in [5, 5.41) is 9.50. The molecule has 4 heteroatoms. The second-order valence-corrected chi connectivity index (χ2v) is 6.25. The molecule has 0 aromatic rings. The van der Waals surface area contributed by atoms with Gasteiger partial charge in [0.15, 0.2) is 0 Å².